The number of anilines is 1. The van der Waals surface area contributed by atoms with Crippen LogP contribution in [-0.2, 0) is 20.4 Å². The molecule has 1 aliphatic heterocycles. The Morgan fingerprint density at radius 1 is 1.00 bits per heavy atom. The minimum Gasteiger partial charge on any atom is -0.424 e. The summed E-state index contributed by atoms with van der Waals surface area (Å²) in [5.74, 6) is 0.0602. The molecule has 0 saturated carbocycles. The van der Waals surface area contributed by atoms with Gasteiger partial charge in [-0.3, -0.25) is 9.32 Å². The van der Waals surface area contributed by atoms with Gasteiger partial charge in [0.1, 0.15) is 5.75 Å². The minimum absolute atomic E-state index is 0.152. The number of carbonyl (C=O) groups is 1. The van der Waals surface area contributed by atoms with E-state index in [9.17, 15) is 9.36 Å². The largest absolute Gasteiger partial charge is 0.424 e. The molecule has 0 aromatic heterocycles. The Hall–Kier alpha value is -2.92. The van der Waals surface area contributed by atoms with Crippen molar-refractivity contribution in [3.8, 4) is 5.75 Å². The molecule has 33 heavy (non-hydrogen) atoms. The van der Waals surface area contributed by atoms with Gasteiger partial charge in [-0.2, -0.15) is 0 Å². The summed E-state index contributed by atoms with van der Waals surface area (Å²) in [7, 11) is -3.50. The SMILES string of the molecule is Cc1ccc(C(=O)c2ccc(N3CCOCC3)cc2OP(C)(=O)OCc2ccccc2)cc1. The first-order valence-corrected chi connectivity index (χ1v) is 12.9. The van der Waals surface area contributed by atoms with E-state index in [0.29, 0.717) is 24.3 Å². The van der Waals surface area contributed by atoms with Crippen molar-refractivity contribution >= 4 is 19.1 Å². The highest BCUT2D eigenvalue weighted by molar-refractivity contribution is 7.53. The lowest BCUT2D eigenvalue weighted by atomic mass is 10.0. The summed E-state index contributed by atoms with van der Waals surface area (Å²) in [6, 6.07) is 22.2. The maximum Gasteiger partial charge on any atom is 0.376 e. The van der Waals surface area contributed by atoms with E-state index in [1.165, 1.54) is 6.66 Å². The van der Waals surface area contributed by atoms with E-state index in [1.807, 2.05) is 55.5 Å². The number of hydrogen-bond donors (Lipinski definition) is 0. The summed E-state index contributed by atoms with van der Waals surface area (Å²) in [5, 5.41) is 0. The lowest BCUT2D eigenvalue weighted by molar-refractivity contribution is 0.103. The Morgan fingerprint density at radius 3 is 2.39 bits per heavy atom. The van der Waals surface area contributed by atoms with Crippen molar-refractivity contribution in [2.75, 3.05) is 37.9 Å². The van der Waals surface area contributed by atoms with Crippen molar-refractivity contribution in [3.63, 3.8) is 0 Å². The predicted octanol–water partition coefficient (Wildman–Crippen LogP) is 5.48. The highest BCUT2D eigenvalue weighted by Gasteiger charge is 2.25. The Labute approximate surface area is 194 Å². The number of ketones is 1. The lowest BCUT2D eigenvalue weighted by Gasteiger charge is -2.29. The maximum absolute atomic E-state index is 13.3. The van der Waals surface area contributed by atoms with Gasteiger partial charge in [-0.05, 0) is 24.6 Å². The summed E-state index contributed by atoms with van der Waals surface area (Å²) in [6.45, 7) is 6.28. The van der Waals surface area contributed by atoms with Gasteiger partial charge in [-0.25, -0.2) is 4.57 Å². The monoisotopic (exact) mass is 465 g/mol. The molecule has 1 fully saturated rings. The average Bonchev–Trinajstić information content (AvgIpc) is 2.84. The van der Waals surface area contributed by atoms with Crippen LogP contribution in [0, 0.1) is 6.92 Å². The molecule has 0 bridgehead atoms. The van der Waals surface area contributed by atoms with Crippen LogP contribution in [0.5, 0.6) is 5.75 Å². The molecule has 3 aromatic carbocycles. The van der Waals surface area contributed by atoms with E-state index in [0.717, 1.165) is 29.9 Å². The minimum atomic E-state index is -3.50. The lowest BCUT2D eigenvalue weighted by Crippen LogP contribution is -2.36. The number of rotatable bonds is 8. The van der Waals surface area contributed by atoms with Crippen LogP contribution in [0.15, 0.2) is 72.8 Å². The molecule has 0 spiro atoms. The van der Waals surface area contributed by atoms with Crippen LogP contribution in [0.25, 0.3) is 0 Å². The van der Waals surface area contributed by atoms with E-state index in [1.54, 1.807) is 24.3 Å². The molecule has 0 amide bonds. The van der Waals surface area contributed by atoms with Gasteiger partial charge in [0.2, 0.25) is 0 Å². The van der Waals surface area contributed by atoms with Crippen LogP contribution >= 0.6 is 7.60 Å². The Kier molecular flexibility index (Phi) is 7.29. The molecule has 1 atom stereocenters. The van der Waals surface area contributed by atoms with E-state index in [-0.39, 0.29) is 18.1 Å². The molecule has 172 valence electrons. The Balaban J connectivity index is 1.62. The van der Waals surface area contributed by atoms with Gasteiger partial charge in [0.25, 0.3) is 0 Å². The number of hydrogen-bond acceptors (Lipinski definition) is 6. The number of morpholine rings is 1. The van der Waals surface area contributed by atoms with Gasteiger partial charge in [0.15, 0.2) is 5.78 Å². The molecule has 0 radical (unpaired) electrons. The topological polar surface area (TPSA) is 65.1 Å². The summed E-state index contributed by atoms with van der Waals surface area (Å²) in [5.41, 5.74) is 3.73. The van der Waals surface area contributed by atoms with E-state index in [2.05, 4.69) is 4.90 Å². The summed E-state index contributed by atoms with van der Waals surface area (Å²) in [4.78, 5) is 15.4. The average molecular weight is 465 g/mol. The first kappa shape index (κ1) is 23.2. The quantitative estimate of drug-likeness (QED) is 0.324. The fraction of sp³-hybridized carbons (Fsp3) is 0.269. The standard InChI is InChI=1S/C26H28NO5P/c1-20-8-10-22(11-9-20)26(28)24-13-12-23(27-14-16-30-17-15-27)18-25(24)32-33(2,29)31-19-21-6-4-3-5-7-21/h3-13,18H,14-17,19H2,1-2H3. The fourth-order valence-corrected chi connectivity index (χ4v) is 4.57. The van der Waals surface area contributed by atoms with Gasteiger partial charge < -0.3 is 14.2 Å². The van der Waals surface area contributed by atoms with Gasteiger partial charge in [0, 0.05) is 37.1 Å². The van der Waals surface area contributed by atoms with Crippen LogP contribution in [-0.4, -0.2) is 38.8 Å². The highest BCUT2D eigenvalue weighted by atomic mass is 31.2. The molecule has 1 aliphatic rings. The summed E-state index contributed by atoms with van der Waals surface area (Å²) in [6.07, 6.45) is 0. The Bertz CT molecular complexity index is 1140. The van der Waals surface area contributed by atoms with E-state index < -0.39 is 7.60 Å². The van der Waals surface area contributed by atoms with Crippen molar-refractivity contribution in [3.05, 3.63) is 95.1 Å². The zero-order valence-electron chi connectivity index (χ0n) is 18.9. The van der Waals surface area contributed by atoms with Crippen molar-refractivity contribution < 1.29 is 23.1 Å². The fourth-order valence-electron chi connectivity index (χ4n) is 3.62. The summed E-state index contributed by atoms with van der Waals surface area (Å²) < 4.78 is 30.2. The molecule has 1 heterocycles. The molecule has 0 aliphatic carbocycles. The summed E-state index contributed by atoms with van der Waals surface area (Å²) >= 11 is 0. The third-order valence-corrected chi connectivity index (χ3v) is 6.60. The molecular weight excluding hydrogens is 437 g/mol. The molecule has 6 nitrogen and oxygen atoms in total. The third-order valence-electron chi connectivity index (χ3n) is 5.47. The number of aryl methyl sites for hydroxylation is 1. The molecule has 1 unspecified atom stereocenters. The van der Waals surface area contributed by atoms with Gasteiger partial charge in [-0.15, -0.1) is 0 Å². The van der Waals surface area contributed by atoms with Crippen molar-refractivity contribution in [2.24, 2.45) is 0 Å². The first-order valence-electron chi connectivity index (χ1n) is 10.9. The van der Waals surface area contributed by atoms with Crippen LogP contribution in [0.3, 0.4) is 0 Å². The van der Waals surface area contributed by atoms with E-state index in [4.69, 9.17) is 13.8 Å². The molecule has 0 N–H and O–H groups in total. The number of ether oxygens (including phenoxy) is 1. The first-order chi connectivity index (χ1) is 15.9. The zero-order valence-corrected chi connectivity index (χ0v) is 19.8. The second kappa shape index (κ2) is 10.3. The van der Waals surface area contributed by atoms with Crippen molar-refractivity contribution in [1.29, 1.82) is 0 Å². The van der Waals surface area contributed by atoms with Crippen molar-refractivity contribution in [2.45, 2.75) is 13.5 Å². The second-order valence-electron chi connectivity index (χ2n) is 8.10. The highest BCUT2D eigenvalue weighted by Crippen LogP contribution is 2.47. The number of benzene rings is 3. The smallest absolute Gasteiger partial charge is 0.376 e. The van der Waals surface area contributed by atoms with Crippen molar-refractivity contribution in [1.82, 2.24) is 0 Å². The van der Waals surface area contributed by atoms with E-state index >= 15 is 0 Å². The molecule has 4 rings (SSSR count). The van der Waals surface area contributed by atoms with Gasteiger partial charge in [-0.1, -0.05) is 60.2 Å². The Morgan fingerprint density at radius 2 is 1.70 bits per heavy atom. The molecule has 1 saturated heterocycles. The maximum atomic E-state index is 13.3. The second-order valence-corrected chi connectivity index (χ2v) is 10.1. The van der Waals surface area contributed by atoms with Crippen LogP contribution in [0.1, 0.15) is 27.0 Å². The zero-order chi connectivity index (χ0) is 23.3. The molecular formula is C26H28NO5P. The molecule has 3 aromatic rings. The third kappa shape index (κ3) is 6.11. The normalized spacial score (nSPS) is 15.6. The molecule has 7 heteroatoms. The van der Waals surface area contributed by atoms with Gasteiger partial charge >= 0.3 is 7.60 Å². The number of nitrogens with zero attached hydrogens (tertiary/aromatic N) is 1. The predicted molar refractivity (Wildman–Crippen MR) is 129 cm³/mol. The van der Waals surface area contributed by atoms with Crippen LogP contribution in [0.2, 0.25) is 0 Å². The van der Waals surface area contributed by atoms with Crippen LogP contribution < -0.4 is 9.42 Å². The number of carbonyl (C=O) groups excluding carboxylic acids is 1. The van der Waals surface area contributed by atoms with Gasteiger partial charge in [0.05, 0.1) is 25.4 Å². The van der Waals surface area contributed by atoms with Crippen LogP contribution in [0.4, 0.5) is 5.69 Å².